The number of amides is 1. The number of carbonyl (C=O) groups is 1. The molecule has 2 aromatic heterocycles. The molecular weight excluding hydrogens is 472 g/mol. The summed E-state index contributed by atoms with van der Waals surface area (Å²) in [5, 5.41) is 20.5. The zero-order valence-electron chi connectivity index (χ0n) is 18.8. The lowest BCUT2D eigenvalue weighted by molar-refractivity contribution is -0.121. The van der Waals surface area contributed by atoms with Crippen molar-refractivity contribution in [1.82, 2.24) is 30.8 Å². The summed E-state index contributed by atoms with van der Waals surface area (Å²) in [5.41, 5.74) is 6.51. The van der Waals surface area contributed by atoms with E-state index in [1.807, 2.05) is 35.8 Å². The largest absolute Gasteiger partial charge is 0.366 e. The number of hydrazone groups is 1. The van der Waals surface area contributed by atoms with Gasteiger partial charge in [0.15, 0.2) is 5.82 Å². The van der Waals surface area contributed by atoms with Gasteiger partial charge in [0.2, 0.25) is 5.91 Å². The van der Waals surface area contributed by atoms with Crippen LogP contribution >= 0.6 is 22.9 Å². The molecule has 0 bridgehead atoms. The number of fused-ring (bicyclic) bond motifs is 3. The molecular formula is C23H23ClN8OS. The summed E-state index contributed by atoms with van der Waals surface area (Å²) in [5.74, 6) is 1.11. The Morgan fingerprint density at radius 3 is 2.68 bits per heavy atom. The summed E-state index contributed by atoms with van der Waals surface area (Å²) in [7, 11) is 0. The van der Waals surface area contributed by atoms with Crippen molar-refractivity contribution in [3.05, 3.63) is 74.9 Å². The summed E-state index contributed by atoms with van der Waals surface area (Å²) < 4.78 is 2.02. The quantitative estimate of drug-likeness (QED) is 0.372. The van der Waals surface area contributed by atoms with E-state index in [2.05, 4.69) is 45.2 Å². The molecule has 0 unspecified atom stereocenters. The van der Waals surface area contributed by atoms with Gasteiger partial charge in [0.05, 0.1) is 18.3 Å². The van der Waals surface area contributed by atoms with Gasteiger partial charge in [-0.3, -0.25) is 14.4 Å². The monoisotopic (exact) mass is 494 g/mol. The molecule has 2 aliphatic rings. The lowest BCUT2D eigenvalue weighted by Gasteiger charge is -2.12. The molecule has 0 aliphatic carbocycles. The number of thiophene rings is 1. The van der Waals surface area contributed by atoms with Gasteiger partial charge >= 0.3 is 0 Å². The van der Waals surface area contributed by atoms with Crippen molar-refractivity contribution in [3.8, 4) is 5.00 Å². The summed E-state index contributed by atoms with van der Waals surface area (Å²) >= 11 is 7.82. The number of hydrogen-bond donors (Lipinski definition) is 3. The zero-order chi connectivity index (χ0) is 23.8. The van der Waals surface area contributed by atoms with Crippen molar-refractivity contribution in [3.63, 3.8) is 0 Å². The highest BCUT2D eigenvalue weighted by atomic mass is 35.5. The van der Waals surface area contributed by atoms with E-state index < -0.39 is 6.04 Å². The van der Waals surface area contributed by atoms with Crippen LogP contribution in [0.2, 0.25) is 5.02 Å². The fourth-order valence-corrected chi connectivity index (χ4v) is 5.32. The van der Waals surface area contributed by atoms with Crippen LogP contribution in [0.5, 0.6) is 0 Å². The Labute approximate surface area is 205 Å². The number of aromatic nitrogens is 3. The van der Waals surface area contributed by atoms with Crippen LogP contribution in [0.25, 0.3) is 5.00 Å². The Balaban J connectivity index is 1.54. The fourth-order valence-electron chi connectivity index (χ4n) is 3.98. The SMILES string of the molecule is Cc1sc2c(c1C)C(c1ccc(Cl)cc1)=N[C@@H](CC(=O)N/N=C/C1NC=CN1)c1nnc(C)n1-2. The highest BCUT2D eigenvalue weighted by molar-refractivity contribution is 7.15. The maximum absolute atomic E-state index is 12.8. The Bertz CT molecular complexity index is 1330. The van der Waals surface area contributed by atoms with Gasteiger partial charge in [-0.15, -0.1) is 21.5 Å². The second-order valence-corrected chi connectivity index (χ2v) is 9.71. The number of aliphatic imine (C=N–C) groups is 1. The molecule has 0 saturated carbocycles. The van der Waals surface area contributed by atoms with E-state index in [9.17, 15) is 4.79 Å². The molecule has 1 aromatic carbocycles. The smallest absolute Gasteiger partial charge is 0.242 e. The molecule has 0 radical (unpaired) electrons. The Morgan fingerprint density at radius 1 is 1.21 bits per heavy atom. The van der Waals surface area contributed by atoms with Crippen LogP contribution in [0.4, 0.5) is 0 Å². The Kier molecular flexibility index (Phi) is 5.93. The van der Waals surface area contributed by atoms with Crippen LogP contribution in [0.1, 0.15) is 45.7 Å². The summed E-state index contributed by atoms with van der Waals surface area (Å²) in [4.78, 5) is 19.1. The number of halogens is 1. The van der Waals surface area contributed by atoms with E-state index >= 15 is 0 Å². The highest BCUT2D eigenvalue weighted by Crippen LogP contribution is 2.39. The van der Waals surface area contributed by atoms with E-state index in [-0.39, 0.29) is 18.5 Å². The number of nitrogens with zero attached hydrogens (tertiary/aromatic N) is 5. The topological polar surface area (TPSA) is 109 Å². The molecule has 174 valence electrons. The van der Waals surface area contributed by atoms with Crippen LogP contribution in [0, 0.1) is 20.8 Å². The lowest BCUT2D eigenvalue weighted by Crippen LogP contribution is -2.33. The number of aryl methyl sites for hydroxylation is 2. The first kappa shape index (κ1) is 22.3. The van der Waals surface area contributed by atoms with Gasteiger partial charge in [0.25, 0.3) is 0 Å². The standard InChI is InChI=1S/C23H23ClN8OS/c1-12-13(2)34-23-20(12)21(15-4-6-16(24)7-5-15)28-17(22-31-29-14(3)32(22)23)10-19(33)30-27-11-18-25-8-9-26-18/h4-9,11,17-18,25-26H,10H2,1-3H3,(H,30,33)/b27-11+/t17-/m0/s1. The predicted octanol–water partition coefficient (Wildman–Crippen LogP) is 3.28. The summed E-state index contributed by atoms with van der Waals surface area (Å²) in [6.07, 6.45) is 5.05. The Hall–Kier alpha value is -3.50. The van der Waals surface area contributed by atoms with Gasteiger partial charge in [-0.05, 0) is 38.5 Å². The van der Waals surface area contributed by atoms with Gasteiger partial charge < -0.3 is 10.6 Å². The normalized spacial score (nSPS) is 17.1. The third-order valence-electron chi connectivity index (χ3n) is 5.78. The van der Waals surface area contributed by atoms with E-state index in [0.717, 1.165) is 33.2 Å². The molecule has 2 aliphatic heterocycles. The van der Waals surface area contributed by atoms with Crippen molar-refractivity contribution >= 4 is 40.8 Å². The molecule has 3 aromatic rings. The average Bonchev–Trinajstić information content (AvgIpc) is 3.51. The second kappa shape index (κ2) is 9.03. The minimum atomic E-state index is -0.536. The van der Waals surface area contributed by atoms with Crippen molar-refractivity contribution < 1.29 is 4.79 Å². The minimum absolute atomic E-state index is 0.0727. The first-order chi connectivity index (χ1) is 16.4. The van der Waals surface area contributed by atoms with Gasteiger partial charge in [0, 0.05) is 33.4 Å². The third kappa shape index (κ3) is 4.10. The number of nitrogens with one attached hydrogen (secondary N) is 3. The zero-order valence-corrected chi connectivity index (χ0v) is 20.4. The molecule has 1 amide bonds. The van der Waals surface area contributed by atoms with Gasteiger partial charge in [-0.2, -0.15) is 5.10 Å². The molecule has 34 heavy (non-hydrogen) atoms. The second-order valence-electron chi connectivity index (χ2n) is 8.07. The van der Waals surface area contributed by atoms with E-state index in [1.54, 1.807) is 30.0 Å². The maximum atomic E-state index is 12.8. The summed E-state index contributed by atoms with van der Waals surface area (Å²) in [6.45, 7) is 6.10. The van der Waals surface area contributed by atoms with Crippen molar-refractivity contribution in [2.75, 3.05) is 0 Å². The van der Waals surface area contributed by atoms with Gasteiger partial charge in [-0.25, -0.2) is 5.43 Å². The molecule has 5 rings (SSSR count). The van der Waals surface area contributed by atoms with E-state index in [1.165, 1.54) is 4.88 Å². The van der Waals surface area contributed by atoms with Gasteiger partial charge in [0.1, 0.15) is 23.0 Å². The average molecular weight is 495 g/mol. The molecule has 0 fully saturated rings. The first-order valence-corrected chi connectivity index (χ1v) is 12.0. The fraction of sp³-hybridized carbons (Fsp3) is 0.261. The van der Waals surface area contributed by atoms with Crippen LogP contribution in [0.15, 0.2) is 46.8 Å². The molecule has 4 heterocycles. The highest BCUT2D eigenvalue weighted by Gasteiger charge is 2.32. The molecule has 9 nitrogen and oxygen atoms in total. The number of carbonyl (C=O) groups excluding carboxylic acids is 1. The molecule has 11 heteroatoms. The van der Waals surface area contributed by atoms with E-state index in [4.69, 9.17) is 16.6 Å². The minimum Gasteiger partial charge on any atom is -0.366 e. The van der Waals surface area contributed by atoms with Crippen LogP contribution in [0.3, 0.4) is 0 Å². The summed E-state index contributed by atoms with van der Waals surface area (Å²) in [6, 6.07) is 7.06. The third-order valence-corrected chi connectivity index (χ3v) is 7.23. The number of benzene rings is 1. The van der Waals surface area contributed by atoms with E-state index in [0.29, 0.717) is 10.8 Å². The lowest BCUT2D eigenvalue weighted by atomic mass is 9.99. The number of rotatable bonds is 5. The first-order valence-electron chi connectivity index (χ1n) is 10.8. The molecule has 3 N–H and O–H groups in total. The van der Waals surface area contributed by atoms with Crippen LogP contribution in [-0.4, -0.2) is 38.8 Å². The number of hydrogen-bond acceptors (Lipinski definition) is 8. The van der Waals surface area contributed by atoms with Gasteiger partial charge in [-0.1, -0.05) is 23.7 Å². The molecule has 0 saturated heterocycles. The van der Waals surface area contributed by atoms with Crippen LogP contribution in [-0.2, 0) is 4.79 Å². The Morgan fingerprint density at radius 2 is 1.94 bits per heavy atom. The predicted molar refractivity (Wildman–Crippen MR) is 134 cm³/mol. The van der Waals surface area contributed by atoms with Crippen molar-refractivity contribution in [1.29, 1.82) is 0 Å². The van der Waals surface area contributed by atoms with Crippen molar-refractivity contribution in [2.24, 2.45) is 10.1 Å². The molecule has 1 atom stereocenters. The maximum Gasteiger partial charge on any atom is 0.242 e. The van der Waals surface area contributed by atoms with Crippen molar-refractivity contribution in [2.45, 2.75) is 39.4 Å². The van der Waals surface area contributed by atoms with Crippen LogP contribution < -0.4 is 16.1 Å². The molecule has 0 spiro atoms.